The zero-order valence-electron chi connectivity index (χ0n) is 11.5. The summed E-state index contributed by atoms with van der Waals surface area (Å²) in [7, 11) is 2.02. The van der Waals surface area contributed by atoms with Crippen LogP contribution in [-0.2, 0) is 0 Å². The number of amides is 2. The summed E-state index contributed by atoms with van der Waals surface area (Å²) < 4.78 is 0. The minimum absolute atomic E-state index is 0. The SMILES string of the molecule is CCCN(CC)C(=O)NC1CCC(NC)CC1.[HH].[HH]. The van der Waals surface area contributed by atoms with Crippen molar-refractivity contribution in [1.29, 1.82) is 0 Å². The number of nitrogens with one attached hydrogen (secondary N) is 2. The van der Waals surface area contributed by atoms with Crippen LogP contribution in [0, 0.1) is 0 Å². The molecule has 0 atom stereocenters. The Morgan fingerprint density at radius 3 is 2.29 bits per heavy atom. The topological polar surface area (TPSA) is 44.4 Å². The molecule has 17 heavy (non-hydrogen) atoms. The second-order valence-electron chi connectivity index (χ2n) is 4.87. The van der Waals surface area contributed by atoms with Gasteiger partial charge < -0.3 is 15.5 Å². The van der Waals surface area contributed by atoms with Gasteiger partial charge in [-0.1, -0.05) is 6.92 Å². The van der Waals surface area contributed by atoms with Crippen molar-refractivity contribution in [2.24, 2.45) is 0 Å². The third-order valence-electron chi connectivity index (χ3n) is 3.63. The number of hydrogen-bond donors (Lipinski definition) is 2. The van der Waals surface area contributed by atoms with E-state index in [4.69, 9.17) is 0 Å². The average molecular weight is 245 g/mol. The first kappa shape index (κ1) is 14.3. The van der Waals surface area contributed by atoms with Gasteiger partial charge in [-0.05, 0) is 46.1 Å². The van der Waals surface area contributed by atoms with Gasteiger partial charge in [0.05, 0.1) is 0 Å². The standard InChI is InChI=1S/C13H27N3O.2H2/c1-4-10-16(5-2)13(17)15-12-8-6-11(14-3)7-9-12;;/h11-12,14H,4-10H2,1-3H3,(H,15,17);2*1H. The molecule has 0 unspecified atom stereocenters. The molecule has 0 aromatic carbocycles. The Morgan fingerprint density at radius 2 is 1.82 bits per heavy atom. The van der Waals surface area contributed by atoms with E-state index < -0.39 is 0 Å². The van der Waals surface area contributed by atoms with Gasteiger partial charge in [0.25, 0.3) is 0 Å². The van der Waals surface area contributed by atoms with Crippen molar-refractivity contribution in [2.45, 2.75) is 58.0 Å². The summed E-state index contributed by atoms with van der Waals surface area (Å²) in [5.41, 5.74) is 0. The summed E-state index contributed by atoms with van der Waals surface area (Å²) in [6, 6.07) is 1.13. The molecule has 2 amide bonds. The minimum atomic E-state index is 0. The Bertz CT molecular complexity index is 234. The fourth-order valence-electron chi connectivity index (χ4n) is 2.47. The van der Waals surface area contributed by atoms with Crippen LogP contribution in [0.15, 0.2) is 0 Å². The lowest BCUT2D eigenvalue weighted by molar-refractivity contribution is 0.191. The van der Waals surface area contributed by atoms with E-state index in [0.717, 1.165) is 32.4 Å². The molecular formula is C13H31N3O. The van der Waals surface area contributed by atoms with E-state index in [-0.39, 0.29) is 8.88 Å². The van der Waals surface area contributed by atoms with Gasteiger partial charge in [0, 0.05) is 28.0 Å². The molecule has 1 saturated carbocycles. The number of rotatable bonds is 5. The maximum atomic E-state index is 12.0. The van der Waals surface area contributed by atoms with Gasteiger partial charge in [-0.25, -0.2) is 4.79 Å². The molecule has 0 heterocycles. The van der Waals surface area contributed by atoms with Crippen molar-refractivity contribution < 1.29 is 7.65 Å². The van der Waals surface area contributed by atoms with Crippen LogP contribution in [0.1, 0.15) is 48.8 Å². The van der Waals surface area contributed by atoms with E-state index >= 15 is 0 Å². The van der Waals surface area contributed by atoms with Crippen molar-refractivity contribution in [1.82, 2.24) is 15.5 Å². The van der Waals surface area contributed by atoms with E-state index in [9.17, 15) is 4.79 Å². The molecule has 0 radical (unpaired) electrons. The molecule has 0 aromatic heterocycles. The highest BCUT2D eigenvalue weighted by atomic mass is 16.2. The smallest absolute Gasteiger partial charge is 0.317 e. The molecular weight excluding hydrogens is 214 g/mol. The van der Waals surface area contributed by atoms with Gasteiger partial charge in [0.15, 0.2) is 0 Å². The molecule has 4 heteroatoms. The first-order valence-electron chi connectivity index (χ1n) is 6.93. The van der Waals surface area contributed by atoms with Gasteiger partial charge in [-0.2, -0.15) is 0 Å². The molecule has 4 nitrogen and oxygen atoms in total. The van der Waals surface area contributed by atoms with E-state index in [1.165, 1.54) is 12.8 Å². The number of carbonyl (C=O) groups is 1. The van der Waals surface area contributed by atoms with Gasteiger partial charge >= 0.3 is 6.03 Å². The van der Waals surface area contributed by atoms with Gasteiger partial charge in [0.1, 0.15) is 0 Å². The molecule has 0 saturated heterocycles. The zero-order valence-corrected chi connectivity index (χ0v) is 11.5. The minimum Gasteiger partial charge on any atom is -0.335 e. The first-order chi connectivity index (χ1) is 8.21. The predicted molar refractivity (Wildman–Crippen MR) is 75.4 cm³/mol. The molecule has 1 aliphatic carbocycles. The van der Waals surface area contributed by atoms with E-state index in [1.807, 2.05) is 18.9 Å². The van der Waals surface area contributed by atoms with Crippen molar-refractivity contribution in [2.75, 3.05) is 20.1 Å². The van der Waals surface area contributed by atoms with Crippen molar-refractivity contribution in [3.8, 4) is 0 Å². The highest BCUT2D eigenvalue weighted by Crippen LogP contribution is 2.18. The summed E-state index contributed by atoms with van der Waals surface area (Å²) in [5, 5.41) is 6.47. The number of nitrogens with zero attached hydrogens (tertiary/aromatic N) is 1. The third kappa shape index (κ3) is 4.54. The highest BCUT2D eigenvalue weighted by molar-refractivity contribution is 5.74. The maximum Gasteiger partial charge on any atom is 0.317 e. The Hall–Kier alpha value is -0.770. The van der Waals surface area contributed by atoms with Crippen molar-refractivity contribution >= 4 is 6.03 Å². The molecule has 0 aliphatic heterocycles. The van der Waals surface area contributed by atoms with Crippen LogP contribution in [0.5, 0.6) is 0 Å². The van der Waals surface area contributed by atoms with Gasteiger partial charge in [-0.3, -0.25) is 0 Å². The second kappa shape index (κ2) is 7.54. The van der Waals surface area contributed by atoms with Crippen LogP contribution in [-0.4, -0.2) is 43.2 Å². The van der Waals surface area contributed by atoms with Crippen LogP contribution in [0.3, 0.4) is 0 Å². The summed E-state index contributed by atoms with van der Waals surface area (Å²) >= 11 is 0. The lowest BCUT2D eigenvalue weighted by Gasteiger charge is -2.31. The van der Waals surface area contributed by atoms with Crippen LogP contribution < -0.4 is 10.6 Å². The van der Waals surface area contributed by atoms with Crippen molar-refractivity contribution in [3.05, 3.63) is 0 Å². The Kier molecular flexibility index (Phi) is 6.34. The lowest BCUT2D eigenvalue weighted by Crippen LogP contribution is -2.47. The van der Waals surface area contributed by atoms with E-state index in [1.54, 1.807) is 0 Å². The van der Waals surface area contributed by atoms with Crippen LogP contribution in [0.2, 0.25) is 0 Å². The monoisotopic (exact) mass is 245 g/mol. The van der Waals surface area contributed by atoms with E-state index in [0.29, 0.717) is 12.1 Å². The van der Waals surface area contributed by atoms with Crippen LogP contribution in [0.25, 0.3) is 0 Å². The summed E-state index contributed by atoms with van der Waals surface area (Å²) in [6.45, 7) is 5.79. The molecule has 0 aromatic rings. The molecule has 1 fully saturated rings. The second-order valence-corrected chi connectivity index (χ2v) is 4.87. The predicted octanol–water partition coefficient (Wildman–Crippen LogP) is 2.45. The van der Waals surface area contributed by atoms with Gasteiger partial charge in [0.2, 0.25) is 0 Å². The molecule has 1 aliphatic rings. The first-order valence-corrected chi connectivity index (χ1v) is 6.93. The molecule has 2 N–H and O–H groups in total. The fourth-order valence-corrected chi connectivity index (χ4v) is 2.47. The fraction of sp³-hybridized carbons (Fsp3) is 0.923. The van der Waals surface area contributed by atoms with Crippen molar-refractivity contribution in [3.63, 3.8) is 0 Å². The van der Waals surface area contributed by atoms with Gasteiger partial charge in [-0.15, -0.1) is 0 Å². The van der Waals surface area contributed by atoms with Crippen LogP contribution in [0.4, 0.5) is 4.79 Å². The third-order valence-corrected chi connectivity index (χ3v) is 3.63. The lowest BCUT2D eigenvalue weighted by atomic mass is 9.91. The largest absolute Gasteiger partial charge is 0.335 e. The highest BCUT2D eigenvalue weighted by Gasteiger charge is 2.22. The Morgan fingerprint density at radius 1 is 1.24 bits per heavy atom. The Labute approximate surface area is 108 Å². The molecule has 104 valence electrons. The normalized spacial score (nSPS) is 24.4. The zero-order chi connectivity index (χ0) is 12.7. The quantitative estimate of drug-likeness (QED) is 0.781. The summed E-state index contributed by atoms with van der Waals surface area (Å²) in [4.78, 5) is 13.9. The number of hydrogen-bond acceptors (Lipinski definition) is 2. The maximum absolute atomic E-state index is 12.0. The number of carbonyl (C=O) groups excluding carboxylic acids is 1. The average Bonchev–Trinajstić information content (AvgIpc) is 2.36. The molecule has 1 rings (SSSR count). The molecule has 0 spiro atoms. The van der Waals surface area contributed by atoms with Crippen LogP contribution >= 0.6 is 0 Å². The summed E-state index contributed by atoms with van der Waals surface area (Å²) in [5.74, 6) is 0. The Balaban J connectivity index is 0. The number of urea groups is 1. The summed E-state index contributed by atoms with van der Waals surface area (Å²) in [6.07, 6.45) is 5.55. The van der Waals surface area contributed by atoms with E-state index in [2.05, 4.69) is 17.6 Å². The molecule has 0 bridgehead atoms.